The molecule has 7 heteroatoms. The summed E-state index contributed by atoms with van der Waals surface area (Å²) in [5, 5.41) is 26.5. The molecule has 0 saturated heterocycles. The Kier molecular flexibility index (Phi) is 2.25. The highest BCUT2D eigenvalue weighted by atomic mass is 32.1. The number of aromatic nitrogens is 4. The maximum Gasteiger partial charge on any atom is 0.270 e. The van der Waals surface area contributed by atoms with Gasteiger partial charge in [0.05, 0.1) is 20.9 Å². The van der Waals surface area contributed by atoms with Gasteiger partial charge in [-0.2, -0.15) is 9.94 Å². The van der Waals surface area contributed by atoms with E-state index in [0.717, 1.165) is 15.2 Å². The summed E-state index contributed by atoms with van der Waals surface area (Å²) in [4.78, 5) is 4.35. The van der Waals surface area contributed by atoms with Crippen molar-refractivity contribution in [2.45, 2.75) is 6.92 Å². The zero-order chi connectivity index (χ0) is 12.7. The van der Waals surface area contributed by atoms with Crippen molar-refractivity contribution in [3.8, 4) is 17.6 Å². The van der Waals surface area contributed by atoms with Gasteiger partial charge < -0.3 is 5.11 Å². The number of hydrogen-bond acceptors (Lipinski definition) is 6. The van der Waals surface area contributed by atoms with Crippen molar-refractivity contribution in [2.24, 2.45) is 0 Å². The lowest BCUT2D eigenvalue weighted by Gasteiger charge is -2.00. The zero-order valence-electron chi connectivity index (χ0n) is 9.32. The number of nitrogens with zero attached hydrogens (tertiary/aromatic N) is 5. The molecule has 0 aliphatic carbocycles. The van der Waals surface area contributed by atoms with Gasteiger partial charge in [0.1, 0.15) is 6.07 Å². The molecule has 18 heavy (non-hydrogen) atoms. The summed E-state index contributed by atoms with van der Waals surface area (Å²) in [7, 11) is 0. The van der Waals surface area contributed by atoms with Crippen LogP contribution in [-0.2, 0) is 0 Å². The van der Waals surface area contributed by atoms with Crippen LogP contribution in [0.15, 0.2) is 18.2 Å². The Bertz CT molecular complexity index is 782. The Morgan fingerprint density at radius 3 is 3.06 bits per heavy atom. The van der Waals surface area contributed by atoms with Gasteiger partial charge in [-0.1, -0.05) is 10.3 Å². The van der Waals surface area contributed by atoms with Gasteiger partial charge in [-0.05, 0) is 25.1 Å². The number of aryl methyl sites for hydroxylation is 1. The fraction of sp³-hybridized carbons (Fsp3) is 0.0909. The molecule has 0 saturated carbocycles. The Balaban J connectivity index is 2.22. The van der Waals surface area contributed by atoms with Crippen LogP contribution in [0.3, 0.4) is 0 Å². The average molecular weight is 257 g/mol. The molecule has 0 atom stereocenters. The third kappa shape index (κ3) is 1.51. The van der Waals surface area contributed by atoms with Gasteiger partial charge in [0.2, 0.25) is 5.69 Å². The largest absolute Gasteiger partial charge is 0.490 e. The van der Waals surface area contributed by atoms with Crippen LogP contribution in [0.4, 0.5) is 0 Å². The van der Waals surface area contributed by atoms with Gasteiger partial charge in [0.15, 0.2) is 0 Å². The second kappa shape index (κ2) is 3.78. The van der Waals surface area contributed by atoms with E-state index in [9.17, 15) is 5.11 Å². The lowest BCUT2D eigenvalue weighted by molar-refractivity contribution is 0.450. The number of nitriles is 1. The topological polar surface area (TPSA) is 87.6 Å². The van der Waals surface area contributed by atoms with Crippen LogP contribution in [0, 0.1) is 18.3 Å². The van der Waals surface area contributed by atoms with Crippen LogP contribution in [0.25, 0.3) is 15.9 Å². The summed E-state index contributed by atoms with van der Waals surface area (Å²) in [6.07, 6.45) is 0. The maximum atomic E-state index is 9.38. The fourth-order valence-corrected chi connectivity index (χ4v) is 2.57. The summed E-state index contributed by atoms with van der Waals surface area (Å²) in [6, 6.07) is 7.38. The first-order valence-corrected chi connectivity index (χ1v) is 5.93. The van der Waals surface area contributed by atoms with E-state index < -0.39 is 0 Å². The van der Waals surface area contributed by atoms with Crippen molar-refractivity contribution >= 4 is 21.6 Å². The third-order valence-corrected chi connectivity index (χ3v) is 3.42. The highest BCUT2D eigenvalue weighted by molar-refractivity contribution is 7.18. The molecule has 0 aliphatic rings. The van der Waals surface area contributed by atoms with E-state index >= 15 is 0 Å². The van der Waals surface area contributed by atoms with E-state index in [4.69, 9.17) is 5.26 Å². The molecular weight excluding hydrogens is 250 g/mol. The lowest BCUT2D eigenvalue weighted by Crippen LogP contribution is -1.99. The quantitative estimate of drug-likeness (QED) is 0.717. The molecule has 6 nitrogen and oxygen atoms in total. The fourth-order valence-electron chi connectivity index (χ4n) is 1.71. The van der Waals surface area contributed by atoms with Gasteiger partial charge in [0.25, 0.3) is 5.88 Å². The maximum absolute atomic E-state index is 9.38. The van der Waals surface area contributed by atoms with Crippen molar-refractivity contribution < 1.29 is 5.11 Å². The number of benzene rings is 1. The normalized spacial score (nSPS) is 10.7. The van der Waals surface area contributed by atoms with Gasteiger partial charge in [0, 0.05) is 0 Å². The van der Waals surface area contributed by atoms with Crippen LogP contribution < -0.4 is 0 Å². The molecular formula is C11H7N5OS. The molecule has 1 N–H and O–H groups in total. The lowest BCUT2D eigenvalue weighted by atomic mass is 10.3. The number of rotatable bonds is 1. The molecule has 2 heterocycles. The average Bonchev–Trinajstić information content (AvgIpc) is 2.89. The van der Waals surface area contributed by atoms with Crippen LogP contribution in [-0.4, -0.2) is 25.1 Å². The second-order valence-electron chi connectivity index (χ2n) is 3.67. The highest BCUT2D eigenvalue weighted by Gasteiger charge is 2.13. The summed E-state index contributed by atoms with van der Waals surface area (Å²) in [5.41, 5.74) is 1.61. The van der Waals surface area contributed by atoms with Crippen molar-refractivity contribution in [2.75, 3.05) is 0 Å². The SMILES string of the molecule is Cc1nc2ccc(-n3nnc(O)c3C#N)cc2s1. The highest BCUT2D eigenvalue weighted by Crippen LogP contribution is 2.25. The van der Waals surface area contributed by atoms with Crippen LogP contribution in [0.2, 0.25) is 0 Å². The Hall–Kier alpha value is -2.46. The van der Waals surface area contributed by atoms with Gasteiger partial charge in [-0.25, -0.2) is 4.98 Å². The minimum Gasteiger partial charge on any atom is -0.490 e. The molecule has 0 bridgehead atoms. The number of hydrogen-bond donors (Lipinski definition) is 1. The standard InChI is InChI=1S/C11H7N5OS/c1-6-13-8-3-2-7(4-10(8)18-6)16-9(5-12)11(17)14-15-16/h2-4,17H,1H3. The summed E-state index contributed by atoms with van der Waals surface area (Å²) < 4.78 is 2.31. The van der Waals surface area contributed by atoms with E-state index in [-0.39, 0.29) is 11.6 Å². The molecule has 0 unspecified atom stereocenters. The predicted molar refractivity (Wildman–Crippen MR) is 65.7 cm³/mol. The molecule has 0 fully saturated rings. The number of aromatic hydroxyl groups is 1. The van der Waals surface area contributed by atoms with E-state index in [1.54, 1.807) is 17.4 Å². The summed E-state index contributed by atoms with van der Waals surface area (Å²) in [5.74, 6) is -0.363. The van der Waals surface area contributed by atoms with Crippen LogP contribution >= 0.6 is 11.3 Å². The Morgan fingerprint density at radius 2 is 2.28 bits per heavy atom. The van der Waals surface area contributed by atoms with E-state index in [1.165, 1.54) is 4.68 Å². The number of fused-ring (bicyclic) bond motifs is 1. The molecule has 2 aromatic heterocycles. The van der Waals surface area contributed by atoms with Crippen LogP contribution in [0.1, 0.15) is 10.7 Å². The van der Waals surface area contributed by atoms with Gasteiger partial charge in [-0.15, -0.1) is 11.3 Å². The van der Waals surface area contributed by atoms with E-state index in [0.29, 0.717) is 5.69 Å². The zero-order valence-corrected chi connectivity index (χ0v) is 10.1. The molecule has 3 rings (SSSR count). The number of thiazole rings is 1. The second-order valence-corrected chi connectivity index (χ2v) is 4.90. The molecule has 0 radical (unpaired) electrons. The predicted octanol–water partition coefficient (Wildman–Crippen LogP) is 1.76. The summed E-state index contributed by atoms with van der Waals surface area (Å²) in [6.45, 7) is 1.94. The van der Waals surface area contributed by atoms with Gasteiger partial charge in [-0.3, -0.25) is 0 Å². The molecule has 88 valence electrons. The first-order valence-electron chi connectivity index (χ1n) is 5.11. The first kappa shape index (κ1) is 10.7. The molecule has 0 amide bonds. The van der Waals surface area contributed by atoms with Crippen molar-refractivity contribution in [1.29, 1.82) is 5.26 Å². The molecule has 0 spiro atoms. The minimum absolute atomic E-state index is 0.0237. The van der Waals surface area contributed by atoms with E-state index in [1.807, 2.05) is 25.1 Å². The van der Waals surface area contributed by atoms with Gasteiger partial charge >= 0.3 is 0 Å². The van der Waals surface area contributed by atoms with Crippen molar-refractivity contribution in [1.82, 2.24) is 20.0 Å². The first-order chi connectivity index (χ1) is 8.69. The van der Waals surface area contributed by atoms with E-state index in [2.05, 4.69) is 15.3 Å². The molecule has 1 aromatic carbocycles. The monoisotopic (exact) mass is 257 g/mol. The van der Waals surface area contributed by atoms with Crippen LogP contribution in [0.5, 0.6) is 5.88 Å². The Labute approximate surface area is 106 Å². The Morgan fingerprint density at radius 1 is 1.44 bits per heavy atom. The third-order valence-electron chi connectivity index (χ3n) is 2.48. The smallest absolute Gasteiger partial charge is 0.270 e. The van der Waals surface area contributed by atoms with Crippen molar-refractivity contribution in [3.05, 3.63) is 28.9 Å². The minimum atomic E-state index is -0.363. The molecule has 0 aliphatic heterocycles. The molecule has 3 aromatic rings. The summed E-state index contributed by atoms with van der Waals surface area (Å²) >= 11 is 1.56. The van der Waals surface area contributed by atoms with Crippen molar-refractivity contribution in [3.63, 3.8) is 0 Å².